The number of hydrogen-bond acceptors (Lipinski definition) is 7. The van der Waals surface area contributed by atoms with Gasteiger partial charge in [0.15, 0.2) is 5.78 Å². The Kier molecular flexibility index (Phi) is 5.05. The maximum Gasteiger partial charge on any atom is 0.330 e. The number of ether oxygens (including phenoxy) is 1. The van der Waals surface area contributed by atoms with E-state index in [2.05, 4.69) is 6.58 Å². The van der Waals surface area contributed by atoms with Crippen molar-refractivity contribution in [2.24, 2.45) is 5.92 Å². The normalized spacial score (nSPS) is 26.7. The fourth-order valence-electron chi connectivity index (χ4n) is 3.49. The smallest absolute Gasteiger partial charge is 0.330 e. The summed E-state index contributed by atoms with van der Waals surface area (Å²) in [4.78, 5) is 39.0. The van der Waals surface area contributed by atoms with Gasteiger partial charge in [0.25, 0.3) is 0 Å². The Morgan fingerprint density at radius 2 is 2.00 bits per heavy atom. The number of ketones is 1. The van der Waals surface area contributed by atoms with Crippen LogP contribution in [0.25, 0.3) is 0 Å². The Labute approximate surface area is 161 Å². The quantitative estimate of drug-likeness (QED) is 0.326. The Morgan fingerprint density at radius 1 is 1.37 bits per heavy atom. The zero-order valence-corrected chi connectivity index (χ0v) is 15.8. The van der Waals surface area contributed by atoms with Crippen molar-refractivity contribution in [3.8, 4) is 5.75 Å². The van der Waals surface area contributed by atoms with Crippen LogP contribution >= 0.6 is 11.8 Å². The van der Waals surface area contributed by atoms with E-state index >= 15 is 0 Å². The lowest BCUT2D eigenvalue weighted by atomic mass is 9.85. The van der Waals surface area contributed by atoms with Gasteiger partial charge in [-0.25, -0.2) is 4.79 Å². The van der Waals surface area contributed by atoms with E-state index in [1.807, 2.05) is 13.8 Å². The molecule has 1 aromatic rings. The van der Waals surface area contributed by atoms with Gasteiger partial charge in [-0.15, -0.1) is 11.8 Å². The van der Waals surface area contributed by atoms with Crippen LogP contribution in [-0.2, 0) is 14.3 Å². The van der Waals surface area contributed by atoms with Gasteiger partial charge in [0.2, 0.25) is 5.91 Å². The molecular formula is C19H21NO6S. The Morgan fingerprint density at radius 3 is 2.59 bits per heavy atom. The maximum absolute atomic E-state index is 12.7. The third-order valence-corrected chi connectivity index (χ3v) is 6.40. The molecule has 2 saturated heterocycles. The van der Waals surface area contributed by atoms with E-state index in [1.54, 1.807) is 0 Å². The molecule has 3 rings (SSSR count). The van der Waals surface area contributed by atoms with E-state index in [0.29, 0.717) is 0 Å². The summed E-state index contributed by atoms with van der Waals surface area (Å²) in [7, 11) is 0. The minimum Gasteiger partial charge on any atom is -0.508 e. The van der Waals surface area contributed by atoms with E-state index < -0.39 is 45.8 Å². The Balaban J connectivity index is 1.78. The molecule has 0 radical (unpaired) electrons. The van der Waals surface area contributed by atoms with Crippen molar-refractivity contribution in [1.29, 1.82) is 0 Å². The van der Waals surface area contributed by atoms with Crippen molar-refractivity contribution in [2.45, 2.75) is 36.1 Å². The molecule has 2 aliphatic rings. The zero-order valence-electron chi connectivity index (χ0n) is 15.0. The van der Waals surface area contributed by atoms with Crippen LogP contribution in [0.2, 0.25) is 0 Å². The molecule has 0 spiro atoms. The predicted octanol–water partition coefficient (Wildman–Crippen LogP) is 1.34. The van der Waals surface area contributed by atoms with Crippen LogP contribution < -0.4 is 0 Å². The number of β-lactam (4-membered cyclic amide) rings is 1. The predicted molar refractivity (Wildman–Crippen MR) is 99.2 cm³/mol. The average molecular weight is 391 g/mol. The number of esters is 1. The van der Waals surface area contributed by atoms with Gasteiger partial charge in [-0.3, -0.25) is 9.59 Å². The number of aliphatic hydroxyl groups is 1. The molecule has 2 N–H and O–H groups in total. The molecule has 1 amide bonds. The molecule has 0 saturated carbocycles. The van der Waals surface area contributed by atoms with Crippen molar-refractivity contribution < 1.29 is 29.3 Å². The van der Waals surface area contributed by atoms with Gasteiger partial charge >= 0.3 is 5.97 Å². The van der Waals surface area contributed by atoms with E-state index in [4.69, 9.17) is 4.74 Å². The van der Waals surface area contributed by atoms with Crippen LogP contribution in [-0.4, -0.2) is 61.6 Å². The Bertz CT molecular complexity index is 790. The lowest BCUT2D eigenvalue weighted by molar-refractivity contribution is -0.169. The molecule has 0 bridgehead atoms. The molecular weight excluding hydrogens is 370 g/mol. The van der Waals surface area contributed by atoms with Gasteiger partial charge in [0, 0.05) is 10.3 Å². The number of Topliss-reactive ketones (excluding diaryl/α,β-unsaturated/α-hetero) is 1. The van der Waals surface area contributed by atoms with Crippen molar-refractivity contribution in [1.82, 2.24) is 4.90 Å². The highest BCUT2D eigenvalue weighted by atomic mass is 32.2. The van der Waals surface area contributed by atoms with E-state index in [1.165, 1.54) is 47.0 Å². The van der Waals surface area contributed by atoms with Crippen LogP contribution in [0, 0.1) is 5.92 Å². The van der Waals surface area contributed by atoms with Crippen LogP contribution in [0.1, 0.15) is 24.2 Å². The van der Waals surface area contributed by atoms with E-state index in [9.17, 15) is 24.6 Å². The van der Waals surface area contributed by atoms with Crippen molar-refractivity contribution in [3.05, 3.63) is 42.5 Å². The van der Waals surface area contributed by atoms with Gasteiger partial charge in [-0.2, -0.15) is 0 Å². The molecule has 27 heavy (non-hydrogen) atoms. The first kappa shape index (κ1) is 19.4. The molecule has 1 aromatic carbocycles. The summed E-state index contributed by atoms with van der Waals surface area (Å²) >= 11 is 1.37. The number of benzene rings is 1. The van der Waals surface area contributed by atoms with Crippen LogP contribution in [0.4, 0.5) is 0 Å². The summed E-state index contributed by atoms with van der Waals surface area (Å²) in [5, 5.41) is 19.4. The molecule has 8 heteroatoms. The lowest BCUT2D eigenvalue weighted by Gasteiger charge is -2.45. The summed E-state index contributed by atoms with van der Waals surface area (Å²) in [6, 6.07) is 4.68. The minimum atomic E-state index is -1.52. The number of phenols is 1. The van der Waals surface area contributed by atoms with Gasteiger partial charge in [0.05, 0.1) is 5.37 Å². The van der Waals surface area contributed by atoms with Crippen LogP contribution in [0.3, 0.4) is 0 Å². The van der Waals surface area contributed by atoms with Crippen molar-refractivity contribution in [2.75, 3.05) is 6.61 Å². The number of aromatic hydroxyl groups is 1. The molecule has 0 aromatic heterocycles. The molecule has 144 valence electrons. The summed E-state index contributed by atoms with van der Waals surface area (Å²) in [5.41, 5.74) is 0.204. The number of nitrogens with zero attached hydrogens (tertiary/aromatic N) is 1. The molecule has 4 atom stereocenters. The van der Waals surface area contributed by atoms with Gasteiger partial charge in [-0.1, -0.05) is 12.7 Å². The summed E-state index contributed by atoms with van der Waals surface area (Å²) in [6.07, 6.45) is -0.0693. The fraction of sp³-hybridized carbons (Fsp3) is 0.421. The second-order valence-corrected chi connectivity index (χ2v) is 8.83. The maximum atomic E-state index is 12.7. The summed E-state index contributed by atoms with van der Waals surface area (Å²) < 4.78 is 4.50. The number of carbonyl (C=O) groups excluding carboxylic acids is 3. The van der Waals surface area contributed by atoms with Gasteiger partial charge in [-0.05, 0) is 38.1 Å². The van der Waals surface area contributed by atoms with E-state index in [-0.39, 0.29) is 17.9 Å². The van der Waals surface area contributed by atoms with Crippen LogP contribution in [0.5, 0.6) is 5.75 Å². The third-order valence-electron chi connectivity index (χ3n) is 4.81. The topological polar surface area (TPSA) is 104 Å². The van der Waals surface area contributed by atoms with Crippen molar-refractivity contribution >= 4 is 29.4 Å². The number of aliphatic hydroxyl groups excluding tert-OH is 1. The molecule has 7 nitrogen and oxygen atoms in total. The highest BCUT2D eigenvalue weighted by Crippen LogP contribution is 2.54. The van der Waals surface area contributed by atoms with Gasteiger partial charge < -0.3 is 19.8 Å². The highest BCUT2D eigenvalue weighted by molar-refractivity contribution is 8.01. The molecule has 2 fully saturated rings. The number of hydrogen-bond donors (Lipinski definition) is 2. The largest absolute Gasteiger partial charge is 0.508 e. The van der Waals surface area contributed by atoms with Crippen LogP contribution in [0.15, 0.2) is 36.9 Å². The summed E-state index contributed by atoms with van der Waals surface area (Å²) in [6.45, 7) is 7.20. The lowest BCUT2D eigenvalue weighted by Crippen LogP contribution is -2.66. The highest BCUT2D eigenvalue weighted by Gasteiger charge is 2.66. The second kappa shape index (κ2) is 7.01. The third kappa shape index (κ3) is 3.23. The Hall–Kier alpha value is -2.32. The molecule has 2 heterocycles. The van der Waals surface area contributed by atoms with Crippen molar-refractivity contribution in [3.63, 3.8) is 0 Å². The number of rotatable bonds is 6. The standard InChI is InChI=1S/C19H21NO6S/c1-4-9-26-18(25)15-19(2,3)27-17-12(16(24)20(15)17)14(23)13(22)10-5-7-11(21)8-6-10/h4-8,12,14-15,17,21,23H,1,9H2,2-3H3/t12-,14+,15+,17-/m1/s1. The first-order valence-corrected chi connectivity index (χ1v) is 9.36. The minimum absolute atomic E-state index is 0.000844. The molecule has 2 aliphatic heterocycles. The summed E-state index contributed by atoms with van der Waals surface area (Å²) in [5.74, 6) is -2.49. The van der Waals surface area contributed by atoms with Gasteiger partial charge in [0.1, 0.15) is 30.4 Å². The number of carbonyl (C=O) groups is 3. The first-order valence-electron chi connectivity index (χ1n) is 8.48. The zero-order chi connectivity index (χ0) is 19.9. The molecule has 0 unspecified atom stereocenters. The monoisotopic (exact) mass is 391 g/mol. The average Bonchev–Trinajstić information content (AvgIpc) is 2.87. The number of phenolic OH excluding ortho intramolecular Hbond substituents is 1. The van der Waals surface area contributed by atoms with E-state index in [0.717, 1.165) is 0 Å². The number of fused-ring (bicyclic) bond motifs is 1. The fourth-order valence-corrected chi connectivity index (χ4v) is 5.21. The second-order valence-electron chi connectivity index (χ2n) is 7.06. The number of amides is 1. The number of thioether (sulfide) groups is 1. The molecule has 0 aliphatic carbocycles. The SMILES string of the molecule is C=CCOC(=O)[C@@H]1N2C(=O)[C@@H]([C@H](O)C(=O)c3ccc(O)cc3)[C@H]2SC1(C)C. The first-order chi connectivity index (χ1) is 12.7.